The van der Waals surface area contributed by atoms with Crippen LogP contribution in [-0.2, 0) is 19.6 Å². The minimum atomic E-state index is 0.895. The van der Waals surface area contributed by atoms with Gasteiger partial charge in [-0.1, -0.05) is 29.8 Å². The molecule has 0 unspecified atom stereocenters. The van der Waals surface area contributed by atoms with E-state index in [0.717, 1.165) is 36.8 Å². The van der Waals surface area contributed by atoms with Gasteiger partial charge in [-0.15, -0.1) is 11.3 Å². The number of rotatable bonds is 3. The Bertz CT molecular complexity index is 1020. The van der Waals surface area contributed by atoms with Gasteiger partial charge in [0.2, 0.25) is 0 Å². The van der Waals surface area contributed by atoms with Gasteiger partial charge >= 0.3 is 0 Å². The number of aryl methyl sites for hydroxylation is 1. The zero-order chi connectivity index (χ0) is 16.8. The molecule has 1 aliphatic heterocycles. The average molecular weight is 349 g/mol. The van der Waals surface area contributed by atoms with Crippen LogP contribution in [0.15, 0.2) is 48.4 Å². The molecular weight excluding hydrogens is 330 g/mol. The van der Waals surface area contributed by atoms with Gasteiger partial charge in [-0.05, 0) is 6.92 Å². The van der Waals surface area contributed by atoms with Crippen molar-refractivity contribution in [1.82, 2.24) is 23.8 Å². The summed E-state index contributed by atoms with van der Waals surface area (Å²) in [6.07, 6.45) is 6.04. The van der Waals surface area contributed by atoms with Crippen molar-refractivity contribution in [2.75, 3.05) is 6.54 Å². The molecule has 0 bridgehead atoms. The Hall–Kier alpha value is -2.44. The zero-order valence-corrected chi connectivity index (χ0v) is 14.9. The second-order valence-corrected chi connectivity index (χ2v) is 7.49. The van der Waals surface area contributed by atoms with Crippen LogP contribution in [-0.4, -0.2) is 30.4 Å². The molecule has 1 aromatic carbocycles. The Morgan fingerprint density at radius 3 is 2.92 bits per heavy atom. The minimum absolute atomic E-state index is 0.895. The van der Waals surface area contributed by atoms with E-state index in [9.17, 15) is 0 Å². The second kappa shape index (κ2) is 5.82. The Labute approximate surface area is 150 Å². The fourth-order valence-electron chi connectivity index (χ4n) is 3.51. The lowest BCUT2D eigenvalue weighted by Crippen LogP contribution is -2.33. The van der Waals surface area contributed by atoms with Crippen molar-refractivity contribution < 1.29 is 0 Å². The largest absolute Gasteiger partial charge is 0.332 e. The van der Waals surface area contributed by atoms with E-state index < -0.39 is 0 Å². The summed E-state index contributed by atoms with van der Waals surface area (Å²) < 4.78 is 4.49. The van der Waals surface area contributed by atoms with Crippen molar-refractivity contribution in [2.45, 2.75) is 26.6 Å². The topological polar surface area (TPSA) is 38.4 Å². The van der Waals surface area contributed by atoms with Crippen LogP contribution in [0.1, 0.15) is 17.0 Å². The van der Waals surface area contributed by atoms with Gasteiger partial charge in [0.05, 0.1) is 23.4 Å². The highest BCUT2D eigenvalue weighted by Crippen LogP contribution is 2.28. The number of aromatic nitrogens is 4. The first-order chi connectivity index (χ1) is 12.3. The quantitative estimate of drug-likeness (QED) is 0.567. The van der Waals surface area contributed by atoms with Crippen LogP contribution in [0.25, 0.3) is 16.2 Å². The van der Waals surface area contributed by atoms with E-state index in [2.05, 4.69) is 61.6 Å². The summed E-state index contributed by atoms with van der Waals surface area (Å²) in [5, 5.41) is 2.11. The maximum atomic E-state index is 4.91. The summed E-state index contributed by atoms with van der Waals surface area (Å²) >= 11 is 1.69. The molecule has 0 fully saturated rings. The molecule has 5 rings (SSSR count). The lowest BCUT2D eigenvalue weighted by molar-refractivity contribution is 0.210. The minimum Gasteiger partial charge on any atom is -0.332 e. The molecule has 4 aromatic rings. The molecular formula is C19H19N5S. The van der Waals surface area contributed by atoms with Gasteiger partial charge in [0.15, 0.2) is 4.96 Å². The lowest BCUT2D eigenvalue weighted by Gasteiger charge is -2.28. The molecule has 0 saturated carbocycles. The zero-order valence-electron chi connectivity index (χ0n) is 14.1. The Kier molecular flexibility index (Phi) is 3.46. The molecule has 6 heteroatoms. The number of benzene rings is 1. The predicted octanol–water partition coefficient (Wildman–Crippen LogP) is 3.58. The monoisotopic (exact) mass is 349 g/mol. The number of fused-ring (bicyclic) bond motifs is 2. The van der Waals surface area contributed by atoms with Gasteiger partial charge in [0.1, 0.15) is 0 Å². The van der Waals surface area contributed by atoms with Crippen LogP contribution in [0.2, 0.25) is 0 Å². The molecule has 0 atom stereocenters. The summed E-state index contributed by atoms with van der Waals surface area (Å²) in [5.41, 5.74) is 6.13. The van der Waals surface area contributed by atoms with Crippen LogP contribution >= 0.6 is 11.3 Å². The second-order valence-electron chi connectivity index (χ2n) is 6.62. The molecule has 1 aliphatic rings. The van der Waals surface area contributed by atoms with Gasteiger partial charge in [0.25, 0.3) is 0 Å². The molecule has 0 radical (unpaired) electrons. The number of imidazole rings is 2. The van der Waals surface area contributed by atoms with E-state index in [1.165, 1.54) is 22.5 Å². The summed E-state index contributed by atoms with van der Waals surface area (Å²) in [6, 6.07) is 8.67. The average Bonchev–Trinajstić information content (AvgIpc) is 3.32. The lowest BCUT2D eigenvalue weighted by atomic mass is 10.1. The number of nitrogens with zero attached hydrogens (tertiary/aromatic N) is 5. The van der Waals surface area contributed by atoms with Crippen molar-refractivity contribution in [3.8, 4) is 11.3 Å². The maximum Gasteiger partial charge on any atom is 0.194 e. The molecule has 0 amide bonds. The molecule has 25 heavy (non-hydrogen) atoms. The van der Waals surface area contributed by atoms with Gasteiger partial charge in [-0.25, -0.2) is 9.97 Å². The smallest absolute Gasteiger partial charge is 0.194 e. The third kappa shape index (κ3) is 2.58. The van der Waals surface area contributed by atoms with E-state index in [1.807, 2.05) is 12.5 Å². The SMILES string of the molecule is Cc1ccc(-c2nc3sccn3c2CN2CCn3cncc3C2)cc1. The molecule has 3 aromatic heterocycles. The normalized spacial score (nSPS) is 14.9. The Morgan fingerprint density at radius 1 is 1.16 bits per heavy atom. The predicted molar refractivity (Wildman–Crippen MR) is 99.6 cm³/mol. The van der Waals surface area contributed by atoms with Crippen LogP contribution < -0.4 is 0 Å². The van der Waals surface area contributed by atoms with Crippen molar-refractivity contribution >= 4 is 16.3 Å². The molecule has 5 nitrogen and oxygen atoms in total. The first-order valence-corrected chi connectivity index (χ1v) is 9.39. The standard InChI is InChI=1S/C19H19N5S/c1-14-2-4-15(5-3-14)18-17(24-8-9-25-19(24)21-18)12-22-6-7-23-13-20-10-16(23)11-22/h2-5,8-10,13H,6-7,11-12H2,1H3. The van der Waals surface area contributed by atoms with E-state index in [0.29, 0.717) is 0 Å². The number of thiazole rings is 1. The Balaban J connectivity index is 1.53. The first-order valence-electron chi connectivity index (χ1n) is 8.51. The maximum absolute atomic E-state index is 4.91. The van der Waals surface area contributed by atoms with E-state index in [4.69, 9.17) is 4.98 Å². The molecule has 0 saturated heterocycles. The number of hydrogen-bond donors (Lipinski definition) is 0. The van der Waals surface area contributed by atoms with Crippen LogP contribution in [0.4, 0.5) is 0 Å². The molecule has 126 valence electrons. The first kappa shape index (κ1) is 14.9. The fourth-order valence-corrected chi connectivity index (χ4v) is 4.24. The third-order valence-electron chi connectivity index (χ3n) is 4.90. The highest BCUT2D eigenvalue weighted by molar-refractivity contribution is 7.15. The molecule has 0 spiro atoms. The van der Waals surface area contributed by atoms with Gasteiger partial charge in [-0.3, -0.25) is 9.30 Å². The summed E-state index contributed by atoms with van der Waals surface area (Å²) in [5.74, 6) is 0. The van der Waals surface area contributed by atoms with Crippen LogP contribution in [0.5, 0.6) is 0 Å². The van der Waals surface area contributed by atoms with Crippen molar-refractivity contribution in [3.63, 3.8) is 0 Å². The van der Waals surface area contributed by atoms with Crippen LogP contribution in [0, 0.1) is 6.92 Å². The molecule has 0 aliphatic carbocycles. The van der Waals surface area contributed by atoms with Gasteiger partial charge in [-0.2, -0.15) is 0 Å². The Morgan fingerprint density at radius 2 is 2.04 bits per heavy atom. The van der Waals surface area contributed by atoms with E-state index in [-0.39, 0.29) is 0 Å². The summed E-state index contributed by atoms with van der Waals surface area (Å²) in [6.45, 7) is 5.99. The van der Waals surface area contributed by atoms with Crippen molar-refractivity contribution in [3.05, 3.63) is 65.3 Å². The molecule has 0 N–H and O–H groups in total. The summed E-state index contributed by atoms with van der Waals surface area (Å²) in [4.78, 5) is 12.7. The van der Waals surface area contributed by atoms with Crippen molar-refractivity contribution in [1.29, 1.82) is 0 Å². The van der Waals surface area contributed by atoms with E-state index in [1.54, 1.807) is 11.3 Å². The fraction of sp³-hybridized carbons (Fsp3) is 0.263. The highest BCUT2D eigenvalue weighted by Gasteiger charge is 2.21. The van der Waals surface area contributed by atoms with Crippen LogP contribution in [0.3, 0.4) is 0 Å². The summed E-state index contributed by atoms with van der Waals surface area (Å²) in [7, 11) is 0. The van der Waals surface area contributed by atoms with E-state index >= 15 is 0 Å². The van der Waals surface area contributed by atoms with Gasteiger partial charge in [0, 0.05) is 49.5 Å². The van der Waals surface area contributed by atoms with Crippen molar-refractivity contribution in [2.24, 2.45) is 0 Å². The third-order valence-corrected chi connectivity index (χ3v) is 5.66. The number of hydrogen-bond acceptors (Lipinski definition) is 4. The molecule has 4 heterocycles. The highest BCUT2D eigenvalue weighted by atomic mass is 32.1. The van der Waals surface area contributed by atoms with Gasteiger partial charge < -0.3 is 4.57 Å².